The van der Waals surface area contributed by atoms with E-state index in [9.17, 15) is 4.79 Å². The van der Waals surface area contributed by atoms with Crippen molar-refractivity contribution in [1.29, 1.82) is 0 Å². The molecule has 1 aliphatic carbocycles. The van der Waals surface area contributed by atoms with Gasteiger partial charge in [-0.2, -0.15) is 4.98 Å². The number of halogens is 2. The molecule has 3 aromatic rings. The lowest BCUT2D eigenvalue weighted by Crippen LogP contribution is -2.32. The van der Waals surface area contributed by atoms with Gasteiger partial charge >= 0.3 is 5.97 Å². The Balaban J connectivity index is 1.53. The number of nitrogens with zero attached hydrogens (tertiary/aromatic N) is 3. The van der Waals surface area contributed by atoms with Crippen LogP contribution >= 0.6 is 39.3 Å². The quantitative estimate of drug-likeness (QED) is 0.173. The summed E-state index contributed by atoms with van der Waals surface area (Å²) in [6.07, 6.45) is 5.87. The van der Waals surface area contributed by atoms with Gasteiger partial charge in [-0.05, 0) is 84.3 Å². The number of rotatable bonds is 10. The number of carbonyl (C=O) groups excluding carboxylic acids is 1. The highest BCUT2D eigenvalue weighted by atomic mass is 79.9. The van der Waals surface area contributed by atoms with Crippen molar-refractivity contribution in [2.75, 3.05) is 19.0 Å². The third-order valence-electron chi connectivity index (χ3n) is 7.21. The van der Waals surface area contributed by atoms with Crippen LogP contribution in [0.4, 0.5) is 5.95 Å². The Labute approximate surface area is 258 Å². The number of methoxy groups -OCH3 is 1. The van der Waals surface area contributed by atoms with Crippen molar-refractivity contribution in [3.05, 3.63) is 68.3 Å². The summed E-state index contributed by atoms with van der Waals surface area (Å²) in [6, 6.07) is 11.0. The maximum Gasteiger partial charge on any atom is 0.338 e. The predicted molar refractivity (Wildman–Crippen MR) is 165 cm³/mol. The van der Waals surface area contributed by atoms with Crippen LogP contribution in [0.15, 0.2) is 57.3 Å². The Morgan fingerprint density at radius 1 is 1.22 bits per heavy atom. The maximum absolute atomic E-state index is 13.8. The molecule has 1 saturated carbocycles. The molecule has 218 valence electrons. The number of benzene rings is 2. The summed E-state index contributed by atoms with van der Waals surface area (Å²) in [6.45, 7) is 4.48. The molecule has 0 amide bonds. The first-order chi connectivity index (χ1) is 19.9. The molecule has 1 N–H and O–H groups in total. The fourth-order valence-corrected chi connectivity index (χ4v) is 6.85. The van der Waals surface area contributed by atoms with Crippen molar-refractivity contribution in [2.24, 2.45) is 0 Å². The summed E-state index contributed by atoms with van der Waals surface area (Å²) in [7, 11) is 1.61. The standard InChI is InChI=1S/C30H34BrClN4O4S/c1-4-14-39-27-22(31)15-20(16-24(27)38-3)26-25(28(37)40-21-11-6-5-7-12-21)18(2)33-29-34-30(35-36(26)29)41-17-19-10-8-9-13-23(19)32/h8-10,13,15-16,21,26H,4-7,11-12,14,17H2,1-3H3,(H,33,34,35). The number of hydrogen-bond donors (Lipinski definition) is 1. The Kier molecular flexibility index (Phi) is 9.83. The lowest BCUT2D eigenvalue weighted by molar-refractivity contribution is -0.146. The molecule has 0 spiro atoms. The summed E-state index contributed by atoms with van der Waals surface area (Å²) in [4.78, 5) is 18.6. The average molecular weight is 662 g/mol. The van der Waals surface area contributed by atoms with E-state index in [1.165, 1.54) is 18.2 Å². The first-order valence-corrected chi connectivity index (χ1v) is 16.1. The zero-order valence-corrected chi connectivity index (χ0v) is 26.6. The summed E-state index contributed by atoms with van der Waals surface area (Å²) in [5.41, 5.74) is 2.97. The first-order valence-electron chi connectivity index (χ1n) is 13.9. The van der Waals surface area contributed by atoms with Gasteiger partial charge in [0.25, 0.3) is 0 Å². The molecular formula is C30H34BrClN4O4S. The number of esters is 1. The molecular weight excluding hydrogens is 628 g/mol. The van der Waals surface area contributed by atoms with Gasteiger partial charge in [-0.15, -0.1) is 5.10 Å². The van der Waals surface area contributed by atoms with Gasteiger partial charge in [0.15, 0.2) is 11.5 Å². The lowest BCUT2D eigenvalue weighted by atomic mass is 9.94. The topological polar surface area (TPSA) is 87.5 Å². The molecule has 1 unspecified atom stereocenters. The van der Waals surface area contributed by atoms with Gasteiger partial charge < -0.3 is 19.5 Å². The zero-order chi connectivity index (χ0) is 28.9. The molecule has 2 aliphatic rings. The highest BCUT2D eigenvalue weighted by Gasteiger charge is 2.37. The minimum atomic E-state index is -0.588. The van der Waals surface area contributed by atoms with E-state index in [0.29, 0.717) is 51.3 Å². The molecule has 2 heterocycles. The van der Waals surface area contributed by atoms with E-state index in [2.05, 4.69) is 28.2 Å². The number of thioether (sulfide) groups is 1. The Hall–Kier alpha value is -2.69. The van der Waals surface area contributed by atoms with Crippen LogP contribution in [0.2, 0.25) is 5.02 Å². The maximum atomic E-state index is 13.8. The van der Waals surface area contributed by atoms with Gasteiger partial charge in [-0.3, -0.25) is 0 Å². The molecule has 1 fully saturated rings. The molecule has 0 saturated heterocycles. The van der Waals surface area contributed by atoms with Crippen LogP contribution in [0.1, 0.15) is 69.5 Å². The second kappa shape index (κ2) is 13.5. The Morgan fingerprint density at radius 3 is 2.73 bits per heavy atom. The van der Waals surface area contributed by atoms with Gasteiger partial charge in [0, 0.05) is 16.5 Å². The van der Waals surface area contributed by atoms with Gasteiger partial charge in [-0.1, -0.05) is 54.9 Å². The van der Waals surface area contributed by atoms with Crippen LogP contribution in [0, 0.1) is 0 Å². The monoisotopic (exact) mass is 660 g/mol. The number of nitrogens with one attached hydrogen (secondary N) is 1. The van der Waals surface area contributed by atoms with E-state index < -0.39 is 6.04 Å². The molecule has 41 heavy (non-hydrogen) atoms. The van der Waals surface area contributed by atoms with Crippen molar-refractivity contribution < 1.29 is 19.0 Å². The van der Waals surface area contributed by atoms with E-state index in [4.69, 9.17) is 35.9 Å². The van der Waals surface area contributed by atoms with Crippen molar-refractivity contribution in [2.45, 2.75) is 75.4 Å². The summed E-state index contributed by atoms with van der Waals surface area (Å²) in [5.74, 6) is 1.99. The largest absolute Gasteiger partial charge is 0.493 e. The molecule has 0 bridgehead atoms. The highest BCUT2D eigenvalue weighted by Crippen LogP contribution is 2.43. The smallest absolute Gasteiger partial charge is 0.338 e. The lowest BCUT2D eigenvalue weighted by Gasteiger charge is -2.30. The average Bonchev–Trinajstić information content (AvgIpc) is 3.37. The molecule has 1 aliphatic heterocycles. The number of fused-ring (bicyclic) bond motifs is 1. The molecule has 8 nitrogen and oxygen atoms in total. The normalized spacial score (nSPS) is 17.1. The van der Waals surface area contributed by atoms with Crippen LogP contribution in [-0.2, 0) is 15.3 Å². The first kappa shape index (κ1) is 29.8. The van der Waals surface area contributed by atoms with E-state index in [0.717, 1.165) is 47.7 Å². The van der Waals surface area contributed by atoms with Crippen LogP contribution in [-0.4, -0.2) is 40.6 Å². The van der Waals surface area contributed by atoms with Gasteiger partial charge in [0.1, 0.15) is 12.1 Å². The number of ether oxygens (including phenoxy) is 3. The van der Waals surface area contributed by atoms with Crippen molar-refractivity contribution in [3.8, 4) is 11.5 Å². The van der Waals surface area contributed by atoms with E-state index in [-0.39, 0.29) is 12.1 Å². The molecule has 1 atom stereocenters. The third-order valence-corrected chi connectivity index (χ3v) is 9.06. The number of anilines is 1. The van der Waals surface area contributed by atoms with E-state index in [1.54, 1.807) is 11.8 Å². The van der Waals surface area contributed by atoms with Crippen LogP contribution in [0.3, 0.4) is 0 Å². The number of hydrogen-bond acceptors (Lipinski definition) is 8. The summed E-state index contributed by atoms with van der Waals surface area (Å²) < 4.78 is 20.2. The van der Waals surface area contributed by atoms with Crippen molar-refractivity contribution in [1.82, 2.24) is 14.8 Å². The summed E-state index contributed by atoms with van der Waals surface area (Å²) in [5, 5.41) is 9.43. The SMILES string of the molecule is CCCOc1c(Br)cc(C2C(C(=O)OC3CCCCC3)=C(C)Nc3nc(SCc4ccccc4Cl)nn32)cc1OC. The van der Waals surface area contributed by atoms with Gasteiger partial charge in [-0.25, -0.2) is 9.48 Å². The van der Waals surface area contributed by atoms with Gasteiger partial charge in [0.05, 0.1) is 23.8 Å². The van der Waals surface area contributed by atoms with Crippen LogP contribution < -0.4 is 14.8 Å². The molecule has 2 aromatic carbocycles. The van der Waals surface area contributed by atoms with Crippen LogP contribution in [0.25, 0.3) is 0 Å². The second-order valence-electron chi connectivity index (χ2n) is 10.2. The number of aromatic nitrogens is 3. The molecule has 1 aromatic heterocycles. The van der Waals surface area contributed by atoms with Crippen molar-refractivity contribution in [3.63, 3.8) is 0 Å². The Morgan fingerprint density at radius 2 is 2.00 bits per heavy atom. The predicted octanol–water partition coefficient (Wildman–Crippen LogP) is 7.95. The summed E-state index contributed by atoms with van der Waals surface area (Å²) >= 11 is 11.5. The zero-order valence-electron chi connectivity index (χ0n) is 23.4. The Bertz CT molecular complexity index is 1440. The van der Waals surface area contributed by atoms with Crippen molar-refractivity contribution >= 4 is 51.2 Å². The number of carbonyl (C=O) groups is 1. The molecule has 0 radical (unpaired) electrons. The number of allylic oxidation sites excluding steroid dienone is 1. The van der Waals surface area contributed by atoms with Gasteiger partial charge in [0.2, 0.25) is 11.1 Å². The minimum absolute atomic E-state index is 0.0813. The van der Waals surface area contributed by atoms with E-state index in [1.807, 2.05) is 43.3 Å². The highest BCUT2D eigenvalue weighted by molar-refractivity contribution is 9.10. The van der Waals surface area contributed by atoms with E-state index >= 15 is 0 Å². The second-order valence-corrected chi connectivity index (χ2v) is 12.4. The third kappa shape index (κ3) is 6.70. The molecule has 5 rings (SSSR count). The molecule has 11 heteroatoms. The fraction of sp³-hybridized carbons (Fsp3) is 0.433. The minimum Gasteiger partial charge on any atom is -0.493 e. The van der Waals surface area contributed by atoms with Crippen LogP contribution in [0.5, 0.6) is 11.5 Å². The fourth-order valence-electron chi connectivity index (χ4n) is 5.16.